The molecule has 0 atom stereocenters. The third kappa shape index (κ3) is 2.76. The highest BCUT2D eigenvalue weighted by atomic mass is 16.5. The summed E-state index contributed by atoms with van der Waals surface area (Å²) in [6.45, 7) is 5.07. The van der Waals surface area contributed by atoms with Gasteiger partial charge in [0.25, 0.3) is 0 Å². The van der Waals surface area contributed by atoms with Crippen LogP contribution in [-0.2, 0) is 9.53 Å². The molecule has 0 unspecified atom stereocenters. The minimum absolute atomic E-state index is 0.0139. The first-order valence-electron chi connectivity index (χ1n) is 4.39. The van der Waals surface area contributed by atoms with Crippen molar-refractivity contribution in [3.63, 3.8) is 0 Å². The van der Waals surface area contributed by atoms with Crippen LogP contribution < -0.4 is 5.32 Å². The smallest absolute Gasteiger partial charge is 0.407 e. The molecule has 5 nitrogen and oxygen atoms in total. The second-order valence-electron chi connectivity index (χ2n) is 3.16. The second kappa shape index (κ2) is 4.64. The van der Waals surface area contributed by atoms with E-state index in [0.29, 0.717) is 13.1 Å². The fraction of sp³-hybridized carbons (Fsp3) is 0.556. The van der Waals surface area contributed by atoms with Crippen LogP contribution in [-0.4, -0.2) is 43.6 Å². The van der Waals surface area contributed by atoms with Gasteiger partial charge in [0, 0.05) is 13.1 Å². The van der Waals surface area contributed by atoms with Crippen LogP contribution in [0.25, 0.3) is 0 Å². The Morgan fingerprint density at radius 3 is 2.86 bits per heavy atom. The summed E-state index contributed by atoms with van der Waals surface area (Å²) in [5.41, 5.74) is 1.05. The number of methoxy groups -OCH3 is 1. The van der Waals surface area contributed by atoms with Crippen LogP contribution in [0, 0.1) is 0 Å². The Morgan fingerprint density at radius 2 is 2.36 bits per heavy atom. The Morgan fingerprint density at radius 1 is 1.64 bits per heavy atom. The summed E-state index contributed by atoms with van der Waals surface area (Å²) in [6.07, 6.45) is 0.264. The van der Waals surface area contributed by atoms with Gasteiger partial charge in [-0.25, -0.2) is 4.79 Å². The summed E-state index contributed by atoms with van der Waals surface area (Å²) in [5.74, 6) is -0.103. The van der Waals surface area contributed by atoms with Gasteiger partial charge in [-0.15, -0.1) is 0 Å². The third-order valence-electron chi connectivity index (χ3n) is 2.07. The van der Waals surface area contributed by atoms with E-state index in [1.165, 1.54) is 7.11 Å². The molecular formula is C9H14N2O3. The van der Waals surface area contributed by atoms with Crippen molar-refractivity contribution in [2.75, 3.05) is 26.7 Å². The van der Waals surface area contributed by atoms with Gasteiger partial charge in [0.05, 0.1) is 7.11 Å². The van der Waals surface area contributed by atoms with Crippen molar-refractivity contribution in [2.45, 2.75) is 6.42 Å². The third-order valence-corrected chi connectivity index (χ3v) is 2.07. The van der Waals surface area contributed by atoms with Crippen molar-refractivity contribution in [1.82, 2.24) is 10.2 Å². The lowest BCUT2D eigenvalue weighted by molar-refractivity contribution is -0.128. The number of hydrogen-bond donors (Lipinski definition) is 1. The van der Waals surface area contributed by atoms with E-state index in [1.807, 2.05) is 0 Å². The van der Waals surface area contributed by atoms with E-state index < -0.39 is 6.09 Å². The van der Waals surface area contributed by atoms with Crippen molar-refractivity contribution in [3.8, 4) is 0 Å². The van der Waals surface area contributed by atoms with Gasteiger partial charge in [0.1, 0.15) is 6.54 Å². The average molecular weight is 198 g/mol. The summed E-state index contributed by atoms with van der Waals surface area (Å²) in [5, 5.41) is 2.34. The molecule has 1 heterocycles. The average Bonchev–Trinajstić information content (AvgIpc) is 2.60. The molecule has 1 N–H and O–H groups in total. The van der Waals surface area contributed by atoms with Gasteiger partial charge in [-0.2, -0.15) is 0 Å². The fourth-order valence-corrected chi connectivity index (χ4v) is 1.27. The largest absolute Gasteiger partial charge is 0.453 e. The van der Waals surface area contributed by atoms with Crippen LogP contribution in [0.2, 0.25) is 0 Å². The van der Waals surface area contributed by atoms with Gasteiger partial charge in [-0.3, -0.25) is 4.79 Å². The highest BCUT2D eigenvalue weighted by Gasteiger charge is 2.20. The van der Waals surface area contributed by atoms with Crippen LogP contribution in [0.15, 0.2) is 12.2 Å². The standard InChI is InChI=1S/C9H14N2O3/c1-7-3-4-11(6-7)8(12)5-10-9(13)14-2/h1,3-6H2,2H3,(H,10,13). The van der Waals surface area contributed by atoms with Gasteiger partial charge in [-0.05, 0) is 6.42 Å². The van der Waals surface area contributed by atoms with Gasteiger partial charge in [0.15, 0.2) is 0 Å². The topological polar surface area (TPSA) is 58.6 Å². The number of amides is 2. The number of carbonyl (C=O) groups excluding carboxylic acids is 2. The summed E-state index contributed by atoms with van der Waals surface area (Å²) in [6, 6.07) is 0. The highest BCUT2D eigenvalue weighted by Crippen LogP contribution is 2.12. The zero-order valence-corrected chi connectivity index (χ0v) is 8.21. The molecule has 1 fully saturated rings. The maximum absolute atomic E-state index is 11.4. The van der Waals surface area contributed by atoms with Crippen LogP contribution in [0.3, 0.4) is 0 Å². The van der Waals surface area contributed by atoms with Crippen LogP contribution in [0.4, 0.5) is 4.79 Å². The second-order valence-corrected chi connectivity index (χ2v) is 3.16. The molecule has 5 heteroatoms. The molecule has 0 aromatic carbocycles. The summed E-state index contributed by atoms with van der Waals surface area (Å²) in [4.78, 5) is 23.8. The number of carbonyl (C=O) groups is 2. The molecule has 0 spiro atoms. The molecule has 1 rings (SSSR count). The molecule has 1 aliphatic heterocycles. The van der Waals surface area contributed by atoms with Crippen molar-refractivity contribution in [2.24, 2.45) is 0 Å². The number of rotatable bonds is 2. The predicted molar refractivity (Wildman–Crippen MR) is 50.7 cm³/mol. The molecule has 1 aliphatic rings. The molecule has 1 saturated heterocycles. The molecule has 78 valence electrons. The monoisotopic (exact) mass is 198 g/mol. The Balaban J connectivity index is 2.28. The van der Waals surface area contributed by atoms with Crippen molar-refractivity contribution < 1.29 is 14.3 Å². The van der Waals surface area contributed by atoms with E-state index in [1.54, 1.807) is 4.90 Å². The normalized spacial score (nSPS) is 15.5. The lowest BCUT2D eigenvalue weighted by Gasteiger charge is -2.14. The van der Waals surface area contributed by atoms with Crippen molar-refractivity contribution >= 4 is 12.0 Å². The molecule has 0 aliphatic carbocycles. The quantitative estimate of drug-likeness (QED) is 0.642. The highest BCUT2D eigenvalue weighted by molar-refractivity contribution is 5.82. The first-order chi connectivity index (χ1) is 6.63. The Kier molecular flexibility index (Phi) is 3.50. The van der Waals surface area contributed by atoms with E-state index in [-0.39, 0.29) is 12.5 Å². The van der Waals surface area contributed by atoms with E-state index >= 15 is 0 Å². The number of likely N-dealkylation sites (tertiary alicyclic amines) is 1. The Bertz CT molecular complexity index is 263. The first kappa shape index (κ1) is 10.6. The van der Waals surface area contributed by atoms with E-state index in [4.69, 9.17) is 0 Å². The van der Waals surface area contributed by atoms with Crippen molar-refractivity contribution in [3.05, 3.63) is 12.2 Å². The predicted octanol–water partition coefficient (Wildman–Crippen LogP) is 0.131. The molecule has 0 aromatic rings. The number of ether oxygens (including phenoxy) is 1. The van der Waals surface area contributed by atoms with Gasteiger partial charge in [0.2, 0.25) is 5.91 Å². The van der Waals surface area contributed by atoms with Gasteiger partial charge < -0.3 is 15.0 Å². The fourth-order valence-electron chi connectivity index (χ4n) is 1.27. The summed E-state index contributed by atoms with van der Waals surface area (Å²) in [7, 11) is 1.26. The van der Waals surface area contributed by atoms with E-state index in [0.717, 1.165) is 12.0 Å². The number of hydrogen-bond acceptors (Lipinski definition) is 3. The minimum atomic E-state index is -0.587. The van der Waals surface area contributed by atoms with Gasteiger partial charge >= 0.3 is 6.09 Å². The molecule has 0 saturated carbocycles. The number of alkyl carbamates (subject to hydrolysis) is 1. The molecule has 0 bridgehead atoms. The number of nitrogens with zero attached hydrogens (tertiary/aromatic N) is 1. The van der Waals surface area contributed by atoms with E-state index in [2.05, 4.69) is 16.6 Å². The zero-order chi connectivity index (χ0) is 10.6. The minimum Gasteiger partial charge on any atom is -0.453 e. The Hall–Kier alpha value is -1.52. The van der Waals surface area contributed by atoms with Crippen molar-refractivity contribution in [1.29, 1.82) is 0 Å². The van der Waals surface area contributed by atoms with E-state index in [9.17, 15) is 9.59 Å². The summed E-state index contributed by atoms with van der Waals surface area (Å²) >= 11 is 0. The lowest BCUT2D eigenvalue weighted by Crippen LogP contribution is -2.38. The molecule has 0 aromatic heterocycles. The Labute approximate surface area is 82.7 Å². The van der Waals surface area contributed by atoms with Crippen LogP contribution in [0.1, 0.15) is 6.42 Å². The molecule has 14 heavy (non-hydrogen) atoms. The maximum Gasteiger partial charge on any atom is 0.407 e. The number of nitrogens with one attached hydrogen (secondary N) is 1. The zero-order valence-electron chi connectivity index (χ0n) is 8.21. The summed E-state index contributed by atoms with van der Waals surface area (Å²) < 4.78 is 4.35. The first-order valence-corrected chi connectivity index (χ1v) is 4.39. The van der Waals surface area contributed by atoms with Crippen LogP contribution in [0.5, 0.6) is 0 Å². The SMILES string of the molecule is C=C1CCN(C(=O)CNC(=O)OC)C1. The lowest BCUT2D eigenvalue weighted by atomic mass is 10.3. The molecule has 2 amide bonds. The maximum atomic E-state index is 11.4. The molecular weight excluding hydrogens is 184 g/mol. The molecule has 0 radical (unpaired) electrons. The van der Waals surface area contributed by atoms with Gasteiger partial charge in [-0.1, -0.05) is 12.2 Å². The van der Waals surface area contributed by atoms with Crippen LogP contribution >= 0.6 is 0 Å².